The zero-order valence-corrected chi connectivity index (χ0v) is 16.3. The van der Waals surface area contributed by atoms with Crippen LogP contribution < -0.4 is 4.74 Å². The van der Waals surface area contributed by atoms with Crippen molar-refractivity contribution < 1.29 is 19.4 Å². The average Bonchev–Trinajstić information content (AvgIpc) is 2.74. The first kappa shape index (κ1) is 18.9. The Morgan fingerprint density at radius 3 is 2.45 bits per heavy atom. The van der Waals surface area contributed by atoms with Crippen molar-refractivity contribution in [3.8, 4) is 16.9 Å². The van der Waals surface area contributed by atoms with E-state index in [9.17, 15) is 14.7 Å². The Kier molecular flexibility index (Phi) is 5.17. The molecule has 0 saturated heterocycles. The predicted octanol–water partition coefficient (Wildman–Crippen LogP) is 5.92. The van der Waals surface area contributed by atoms with Gasteiger partial charge in [-0.15, -0.1) is 0 Å². The number of hydrogen-bond donors (Lipinski definition) is 1. The fraction of sp³-hybridized carbons (Fsp3) is 0.200. The molecule has 0 atom stereocenters. The molecule has 4 rings (SSSR count). The molecule has 146 valence electrons. The number of carbonyl (C=O) groups is 2. The van der Waals surface area contributed by atoms with Gasteiger partial charge in [-0.05, 0) is 66.8 Å². The molecule has 0 aliphatic heterocycles. The fourth-order valence-corrected chi connectivity index (χ4v) is 3.99. The van der Waals surface area contributed by atoms with Crippen molar-refractivity contribution in [3.63, 3.8) is 0 Å². The smallest absolute Gasteiger partial charge is 0.339 e. The zero-order chi connectivity index (χ0) is 20.4. The standard InChI is InChI=1S/C25H22O4/c1-16-8-5-14-20(24(26)27)22(16)19-13-6-11-17-12-7-15-21(23(17)19)29-25(28)18-9-3-2-4-10-18/h5-9,11-15H,2-4,10H2,1H3,(H,26,27). The minimum Gasteiger partial charge on any atom is -0.478 e. The van der Waals surface area contributed by atoms with E-state index in [0.717, 1.165) is 47.6 Å². The van der Waals surface area contributed by atoms with E-state index in [1.54, 1.807) is 18.2 Å². The van der Waals surface area contributed by atoms with Crippen molar-refractivity contribution in [2.75, 3.05) is 0 Å². The lowest BCUT2D eigenvalue weighted by molar-refractivity contribution is -0.130. The highest BCUT2D eigenvalue weighted by Crippen LogP contribution is 2.39. The molecule has 0 unspecified atom stereocenters. The number of benzene rings is 3. The molecule has 0 aromatic heterocycles. The van der Waals surface area contributed by atoms with E-state index >= 15 is 0 Å². The first-order valence-electron chi connectivity index (χ1n) is 9.82. The summed E-state index contributed by atoms with van der Waals surface area (Å²) >= 11 is 0. The summed E-state index contributed by atoms with van der Waals surface area (Å²) in [5.41, 5.74) is 3.19. The summed E-state index contributed by atoms with van der Waals surface area (Å²) in [6, 6.07) is 16.5. The van der Waals surface area contributed by atoms with Crippen LogP contribution in [0.25, 0.3) is 21.9 Å². The average molecular weight is 386 g/mol. The largest absolute Gasteiger partial charge is 0.478 e. The number of esters is 1. The molecule has 3 aromatic carbocycles. The summed E-state index contributed by atoms with van der Waals surface area (Å²) in [6.07, 6.45) is 5.68. The second-order valence-electron chi connectivity index (χ2n) is 7.33. The maximum atomic E-state index is 12.7. The lowest BCUT2D eigenvalue weighted by Crippen LogP contribution is -2.13. The molecular weight excluding hydrogens is 364 g/mol. The van der Waals surface area contributed by atoms with Gasteiger partial charge in [0.15, 0.2) is 0 Å². The van der Waals surface area contributed by atoms with E-state index in [1.807, 2.05) is 49.4 Å². The third-order valence-electron chi connectivity index (χ3n) is 5.39. The van der Waals surface area contributed by atoms with E-state index in [1.165, 1.54) is 0 Å². The van der Waals surface area contributed by atoms with Crippen molar-refractivity contribution in [1.29, 1.82) is 0 Å². The van der Waals surface area contributed by atoms with Gasteiger partial charge in [-0.1, -0.05) is 48.5 Å². The van der Waals surface area contributed by atoms with Gasteiger partial charge in [0.25, 0.3) is 0 Å². The van der Waals surface area contributed by atoms with Gasteiger partial charge in [0.1, 0.15) is 5.75 Å². The van der Waals surface area contributed by atoms with Gasteiger partial charge < -0.3 is 9.84 Å². The van der Waals surface area contributed by atoms with Crippen LogP contribution in [-0.4, -0.2) is 17.0 Å². The number of carboxylic acid groups (broad SMARTS) is 1. The number of fused-ring (bicyclic) bond motifs is 1. The lowest BCUT2D eigenvalue weighted by atomic mass is 9.91. The summed E-state index contributed by atoms with van der Waals surface area (Å²) in [5, 5.41) is 11.4. The topological polar surface area (TPSA) is 63.6 Å². The lowest BCUT2D eigenvalue weighted by Gasteiger charge is -2.17. The maximum absolute atomic E-state index is 12.7. The van der Waals surface area contributed by atoms with Gasteiger partial charge in [0.2, 0.25) is 0 Å². The molecule has 0 fully saturated rings. The Morgan fingerprint density at radius 1 is 0.966 bits per heavy atom. The highest BCUT2D eigenvalue weighted by molar-refractivity contribution is 6.07. The SMILES string of the molecule is Cc1cccc(C(=O)O)c1-c1cccc2cccc(OC(=O)C3=CCCCC3)c12. The van der Waals surface area contributed by atoms with Gasteiger partial charge in [0, 0.05) is 11.0 Å². The summed E-state index contributed by atoms with van der Waals surface area (Å²) in [4.78, 5) is 24.6. The maximum Gasteiger partial charge on any atom is 0.339 e. The molecule has 0 heterocycles. The van der Waals surface area contributed by atoms with Crippen LogP contribution in [0.15, 0.2) is 66.2 Å². The van der Waals surface area contributed by atoms with E-state index in [-0.39, 0.29) is 11.5 Å². The predicted molar refractivity (Wildman–Crippen MR) is 113 cm³/mol. The minimum atomic E-state index is -0.984. The Morgan fingerprint density at radius 2 is 1.72 bits per heavy atom. The van der Waals surface area contributed by atoms with Crippen LogP contribution in [0, 0.1) is 6.92 Å². The Bertz CT molecular complexity index is 1140. The second kappa shape index (κ2) is 7.92. The first-order chi connectivity index (χ1) is 14.1. The first-order valence-corrected chi connectivity index (χ1v) is 9.82. The number of ether oxygens (including phenoxy) is 1. The molecule has 4 nitrogen and oxygen atoms in total. The van der Waals surface area contributed by atoms with Crippen molar-refractivity contribution in [2.45, 2.75) is 32.6 Å². The molecule has 0 amide bonds. The number of aromatic carboxylic acids is 1. The van der Waals surface area contributed by atoms with E-state index in [0.29, 0.717) is 16.9 Å². The summed E-state index contributed by atoms with van der Waals surface area (Å²) in [6.45, 7) is 1.89. The number of allylic oxidation sites excluding steroid dienone is 1. The summed E-state index contributed by atoms with van der Waals surface area (Å²) in [5.74, 6) is -0.855. The number of rotatable bonds is 4. The zero-order valence-electron chi connectivity index (χ0n) is 16.3. The quantitative estimate of drug-likeness (QED) is 0.447. The third-order valence-corrected chi connectivity index (χ3v) is 5.39. The Hall–Kier alpha value is -3.40. The minimum absolute atomic E-state index is 0.230. The van der Waals surface area contributed by atoms with Crippen LogP contribution in [0.5, 0.6) is 5.75 Å². The molecule has 0 radical (unpaired) electrons. The highest BCUT2D eigenvalue weighted by Gasteiger charge is 2.20. The molecule has 1 aliphatic rings. The van der Waals surface area contributed by atoms with Crippen LogP contribution >= 0.6 is 0 Å². The van der Waals surface area contributed by atoms with Gasteiger partial charge in [-0.2, -0.15) is 0 Å². The number of hydrogen-bond acceptors (Lipinski definition) is 3. The Labute approximate surface area is 169 Å². The van der Waals surface area contributed by atoms with Crippen LogP contribution in [0.2, 0.25) is 0 Å². The van der Waals surface area contributed by atoms with Crippen LogP contribution in [0.4, 0.5) is 0 Å². The van der Waals surface area contributed by atoms with Crippen molar-refractivity contribution >= 4 is 22.7 Å². The van der Waals surface area contributed by atoms with Crippen LogP contribution in [0.1, 0.15) is 41.6 Å². The van der Waals surface area contributed by atoms with E-state index in [4.69, 9.17) is 4.74 Å². The molecule has 29 heavy (non-hydrogen) atoms. The highest BCUT2D eigenvalue weighted by atomic mass is 16.5. The third kappa shape index (κ3) is 3.66. The molecule has 3 aromatic rings. The normalized spacial score (nSPS) is 13.8. The molecule has 1 aliphatic carbocycles. The van der Waals surface area contributed by atoms with Gasteiger partial charge in [-0.25, -0.2) is 9.59 Å². The molecule has 0 bridgehead atoms. The van der Waals surface area contributed by atoms with Crippen molar-refractivity contribution in [2.24, 2.45) is 0 Å². The number of carbonyl (C=O) groups excluding carboxylic acids is 1. The molecule has 4 heteroatoms. The Balaban J connectivity index is 1.89. The van der Waals surface area contributed by atoms with Crippen LogP contribution in [0.3, 0.4) is 0 Å². The van der Waals surface area contributed by atoms with Crippen molar-refractivity contribution in [1.82, 2.24) is 0 Å². The second-order valence-corrected chi connectivity index (χ2v) is 7.33. The number of aryl methyl sites for hydroxylation is 1. The summed E-state index contributed by atoms with van der Waals surface area (Å²) < 4.78 is 5.81. The molecule has 0 spiro atoms. The number of carboxylic acids is 1. The fourth-order valence-electron chi connectivity index (χ4n) is 3.99. The summed E-state index contributed by atoms with van der Waals surface area (Å²) in [7, 11) is 0. The van der Waals surface area contributed by atoms with Gasteiger partial charge in [0.05, 0.1) is 5.56 Å². The van der Waals surface area contributed by atoms with Crippen molar-refractivity contribution in [3.05, 3.63) is 77.4 Å². The van der Waals surface area contributed by atoms with E-state index < -0.39 is 5.97 Å². The monoisotopic (exact) mass is 386 g/mol. The molecule has 1 N–H and O–H groups in total. The van der Waals surface area contributed by atoms with Gasteiger partial charge >= 0.3 is 11.9 Å². The van der Waals surface area contributed by atoms with E-state index in [2.05, 4.69) is 0 Å². The van der Waals surface area contributed by atoms with Crippen LogP contribution in [-0.2, 0) is 4.79 Å². The van der Waals surface area contributed by atoms with Gasteiger partial charge in [-0.3, -0.25) is 0 Å². The molecule has 0 saturated carbocycles. The molecular formula is C25H22O4.